The Hall–Kier alpha value is -8.34. The summed E-state index contributed by atoms with van der Waals surface area (Å²) >= 11 is 12.6. The predicted molar refractivity (Wildman–Crippen MR) is 523 cm³/mol. The van der Waals surface area contributed by atoms with Crippen LogP contribution in [-0.4, -0.2) is 37.1 Å². The monoisotopic (exact) mass is 1750 g/mol. The van der Waals surface area contributed by atoms with E-state index in [0.29, 0.717) is 29.0 Å². The molecule has 0 bridgehead atoms. The molecule has 18 aromatic rings. The number of thiophene rings is 6. The molecule has 0 unspecified atom stereocenters. The third kappa shape index (κ3) is 17.2. The second kappa shape index (κ2) is 36.4. The minimum absolute atomic E-state index is 0. The van der Waals surface area contributed by atoms with Gasteiger partial charge in [0.15, 0.2) is 8.07 Å². The van der Waals surface area contributed by atoms with Gasteiger partial charge in [-0.3, -0.25) is 0 Å². The van der Waals surface area contributed by atoms with E-state index in [1.54, 1.807) is 8.87 Å². The van der Waals surface area contributed by atoms with Crippen LogP contribution in [0.4, 0.5) is 0 Å². The summed E-state index contributed by atoms with van der Waals surface area (Å²) in [6.45, 7) is 35.2. The summed E-state index contributed by atoms with van der Waals surface area (Å²) in [4.78, 5) is 11.2. The van der Waals surface area contributed by atoms with Crippen LogP contribution in [0, 0.1) is 111 Å². The van der Waals surface area contributed by atoms with Crippen LogP contribution in [0.25, 0.3) is 81.2 Å². The van der Waals surface area contributed by atoms with Crippen LogP contribution in [0.5, 0.6) is 0 Å². The number of hydrogen-bond acceptors (Lipinski definition) is 6. The molecule has 8 aromatic heterocycles. The molecular weight excluding hydrogens is 1640 g/mol. The quantitative estimate of drug-likeness (QED) is 0.0845. The fourth-order valence-corrected chi connectivity index (χ4v) is 31.0. The van der Waals surface area contributed by atoms with Crippen molar-refractivity contribution in [2.45, 2.75) is 146 Å². The molecule has 0 fully saturated rings. The van der Waals surface area contributed by atoms with Gasteiger partial charge in [0.25, 0.3) is 0 Å². The fraction of sp³-hybridized carbons (Fsp3) is 0.200. The minimum Gasteiger partial charge on any atom is -0.141 e. The number of rotatable bonds is 12. The molecule has 0 saturated heterocycles. The van der Waals surface area contributed by atoms with Crippen molar-refractivity contribution >= 4 is 166 Å². The first kappa shape index (κ1) is 86.5. The summed E-state index contributed by atoms with van der Waals surface area (Å²) < 4.78 is 12.0. The van der Waals surface area contributed by atoms with Crippen LogP contribution in [0.15, 0.2) is 267 Å². The molecule has 0 aliphatic rings. The van der Waals surface area contributed by atoms with Gasteiger partial charge in [-0.05, 0) is 162 Å². The maximum atomic E-state index is 2.43. The normalized spacial score (nSPS) is 11.2. The topological polar surface area (TPSA) is 0 Å². The average molecular weight is 1750 g/mol. The molecule has 0 nitrogen and oxygen atoms in total. The summed E-state index contributed by atoms with van der Waals surface area (Å²) in [5.74, 6) is 0. The van der Waals surface area contributed by atoms with Crippen molar-refractivity contribution in [2.75, 3.05) is 0 Å². The first-order valence-electron chi connectivity index (χ1n) is 37.8. The van der Waals surface area contributed by atoms with Gasteiger partial charge in [-0.2, -0.15) is 0 Å². The van der Waals surface area contributed by atoms with Gasteiger partial charge < -0.3 is 0 Å². The van der Waals surface area contributed by atoms with E-state index in [9.17, 15) is 0 Å². The fourth-order valence-electron chi connectivity index (χ4n) is 15.7. The van der Waals surface area contributed by atoms with Crippen LogP contribution in [-0.2, 0) is 5.41 Å². The van der Waals surface area contributed by atoms with E-state index in [-0.39, 0.29) is 35.1 Å². The van der Waals surface area contributed by atoms with Crippen LogP contribution < -0.4 is 20.7 Å². The second-order valence-corrected chi connectivity index (χ2v) is 46.8. The molecule has 10 aromatic carbocycles. The van der Waals surface area contributed by atoms with Crippen LogP contribution in [0.1, 0.15) is 135 Å². The standard InChI is InChI=1S/C29H28.C28H28Si.C22H18S4.C22H18S2Se2.4CH4/c2*1-21-5-13-25(14-6-21)29(26-15-7-22(2)8-16-26,27-17-9-23(3)10-18-27)28-19-11-24(4)12-20-28;1-11-5-7-17(23-11)19-15-9-13(3)26-22(15)20(18-8-6-12(2)24-18)16-10-14(4)25-21(16)19;1-11-9-15-19(17-7-5-13(3)25-17)22-16(10-12(2)24-22)20(21(15)23-11)18-8-6-14(4)26-18;;;;/h2*5-20H,1-4H3;2*5-10H,1-4H3;4*1H4. The second-order valence-electron chi connectivity index (χ2n) is 30.0. The third-order valence-electron chi connectivity index (χ3n) is 21.2. The van der Waals surface area contributed by atoms with E-state index in [2.05, 4.69) is 378 Å². The molecule has 0 saturated carbocycles. The Labute approximate surface area is 717 Å². The first-order chi connectivity index (χ1) is 53.0. The van der Waals surface area contributed by atoms with Crippen LogP contribution in [0.2, 0.25) is 0 Å². The largest absolute Gasteiger partial charge is 0.179 e. The van der Waals surface area contributed by atoms with Crippen molar-refractivity contribution in [3.63, 3.8) is 0 Å². The van der Waals surface area contributed by atoms with Gasteiger partial charge in [0, 0.05) is 60.6 Å². The number of aryl methyl sites for hydroxylation is 16. The summed E-state index contributed by atoms with van der Waals surface area (Å²) in [6.07, 6.45) is 0. The Morgan fingerprint density at radius 2 is 0.439 bits per heavy atom. The summed E-state index contributed by atoms with van der Waals surface area (Å²) in [6, 6.07) is 101. The zero-order chi connectivity index (χ0) is 76.9. The maximum Gasteiger partial charge on any atom is 0.179 e. The molecule has 9 heteroatoms. The molecule has 18 rings (SSSR count). The molecule has 0 aliphatic carbocycles. The Kier molecular flexibility index (Phi) is 27.7. The molecule has 0 N–H and O–H groups in total. The molecule has 0 radical (unpaired) electrons. The molecule has 0 aliphatic heterocycles. The van der Waals surface area contributed by atoms with Gasteiger partial charge in [-0.1, -0.05) is 268 Å². The summed E-state index contributed by atoms with van der Waals surface area (Å²) in [5, 5.41) is 11.5. The van der Waals surface area contributed by atoms with Gasteiger partial charge in [0.1, 0.15) is 0 Å². The van der Waals surface area contributed by atoms with Crippen molar-refractivity contribution < 1.29 is 0 Å². The number of benzene rings is 10. The molecule has 0 atom stereocenters. The number of hydrogen-bond donors (Lipinski definition) is 0. The van der Waals surface area contributed by atoms with Crippen molar-refractivity contribution in [3.05, 3.63) is 372 Å². The molecule has 580 valence electrons. The zero-order valence-corrected chi connectivity index (χ0v) is 75.0. The first-order valence-corrected chi connectivity index (χ1v) is 48.1. The van der Waals surface area contributed by atoms with Crippen LogP contribution >= 0.6 is 68.0 Å². The Bertz CT molecular complexity index is 5210. The van der Waals surface area contributed by atoms with E-state index in [0.717, 1.165) is 0 Å². The van der Waals surface area contributed by atoms with Gasteiger partial charge in [-0.15, -0.1) is 45.3 Å². The maximum absolute atomic E-state index is 2.43. The van der Waals surface area contributed by atoms with E-state index in [4.69, 9.17) is 0 Å². The van der Waals surface area contributed by atoms with Gasteiger partial charge in [-0.25, -0.2) is 0 Å². The average Bonchev–Trinajstić information content (AvgIpc) is 1.14. The SMILES string of the molecule is C.C.C.C.Cc1cc2c(-c3ccc(C)[se]3)c3sc(C)cc3c(-c3ccc(C)[se]3)c2s1.Cc1ccc(-c2c3cc(C)sc3c(-c3ccc(C)s3)c3cc(C)sc23)s1.Cc1ccc(C(c2ccc(C)cc2)(c2ccc(C)cc2)c2ccc(C)cc2)cc1.Cc1ccc([Si](c2ccc(C)cc2)(c2ccc(C)cc2)c2ccc(C)cc2)cc1. The summed E-state index contributed by atoms with van der Waals surface area (Å²) in [5.41, 5.74) is 21.0. The Morgan fingerprint density at radius 3 is 0.649 bits per heavy atom. The van der Waals surface area contributed by atoms with Crippen molar-refractivity contribution in [1.29, 1.82) is 0 Å². The smallest absolute Gasteiger partial charge is 0.141 e. The van der Waals surface area contributed by atoms with Crippen molar-refractivity contribution in [3.8, 4) is 40.9 Å². The van der Waals surface area contributed by atoms with E-state index >= 15 is 0 Å². The van der Waals surface area contributed by atoms with Crippen molar-refractivity contribution in [1.82, 2.24) is 0 Å². The molecule has 0 amide bonds. The predicted octanol–water partition coefficient (Wildman–Crippen LogP) is 29.7. The van der Waals surface area contributed by atoms with Gasteiger partial charge in [0.05, 0.1) is 5.41 Å². The third-order valence-corrected chi connectivity index (χ3v) is 36.6. The molecule has 8 heterocycles. The van der Waals surface area contributed by atoms with E-state index in [1.165, 1.54) is 198 Å². The summed E-state index contributed by atoms with van der Waals surface area (Å²) in [7, 11) is -2.39. The van der Waals surface area contributed by atoms with Gasteiger partial charge in [0.2, 0.25) is 0 Å². The Balaban J connectivity index is 0.000000148. The van der Waals surface area contributed by atoms with E-state index < -0.39 is 8.07 Å². The number of fused-ring (bicyclic) bond motifs is 4. The minimum atomic E-state index is -2.39. The van der Waals surface area contributed by atoms with E-state index in [1.807, 2.05) is 68.0 Å². The van der Waals surface area contributed by atoms with Crippen LogP contribution in [0.3, 0.4) is 0 Å². The molecule has 0 spiro atoms. The van der Waals surface area contributed by atoms with Crippen molar-refractivity contribution in [2.24, 2.45) is 0 Å². The Morgan fingerprint density at radius 1 is 0.219 bits per heavy atom. The van der Waals surface area contributed by atoms with Gasteiger partial charge >= 0.3 is 175 Å². The zero-order valence-electron chi connectivity index (χ0n) is 65.7. The molecular formula is C105H108S6Se2Si. The molecule has 114 heavy (non-hydrogen) atoms.